The highest BCUT2D eigenvalue weighted by atomic mass is 19.3. The average Bonchev–Trinajstić information content (AvgIpc) is 3.14. The number of halogens is 2. The van der Waals surface area contributed by atoms with Gasteiger partial charge in [-0.1, -0.05) is 0 Å². The molecule has 4 rings (SSSR count). The predicted octanol–water partition coefficient (Wildman–Crippen LogP) is 2.35. The molecular weight excluding hydrogens is 352 g/mol. The summed E-state index contributed by atoms with van der Waals surface area (Å²) in [7, 11) is 0. The summed E-state index contributed by atoms with van der Waals surface area (Å²) >= 11 is 0. The number of hydrogen-bond donors (Lipinski definition) is 3. The van der Waals surface area contributed by atoms with Crippen molar-refractivity contribution >= 4 is 17.6 Å². The number of nitrogens with zero attached hydrogens (tertiary/aromatic N) is 4. The molecule has 2 aromatic heterocycles. The Morgan fingerprint density at radius 1 is 1.30 bits per heavy atom. The molecule has 27 heavy (non-hydrogen) atoms. The molecular formula is C18H21F2N7. The SMILES string of the molecule is N=C(/C=C\c1ncc(-c2cc(N3CC4(CCCNC4)C3)ncn2)[nH]1)C(F)F. The molecule has 0 bridgehead atoms. The first-order valence-electron chi connectivity index (χ1n) is 8.92. The van der Waals surface area contributed by atoms with Crippen LogP contribution in [0.15, 0.2) is 24.7 Å². The lowest BCUT2D eigenvalue weighted by Gasteiger charge is -2.53. The quantitative estimate of drug-likeness (QED) is 0.700. The van der Waals surface area contributed by atoms with Crippen molar-refractivity contribution in [3.63, 3.8) is 0 Å². The molecule has 0 radical (unpaired) electrons. The van der Waals surface area contributed by atoms with Crippen LogP contribution in [0.5, 0.6) is 0 Å². The van der Waals surface area contributed by atoms with Gasteiger partial charge in [0.1, 0.15) is 18.0 Å². The lowest BCUT2D eigenvalue weighted by molar-refractivity contribution is 0.156. The third-order valence-electron chi connectivity index (χ3n) is 5.12. The third-order valence-corrected chi connectivity index (χ3v) is 5.12. The molecule has 0 amide bonds. The summed E-state index contributed by atoms with van der Waals surface area (Å²) in [6.45, 7) is 4.14. The van der Waals surface area contributed by atoms with Crippen molar-refractivity contribution in [1.82, 2.24) is 25.3 Å². The molecule has 7 nitrogen and oxygen atoms in total. The minimum atomic E-state index is -2.79. The van der Waals surface area contributed by atoms with E-state index in [1.165, 1.54) is 25.2 Å². The van der Waals surface area contributed by atoms with Crippen molar-refractivity contribution in [2.75, 3.05) is 31.1 Å². The number of anilines is 1. The first kappa shape index (κ1) is 17.7. The van der Waals surface area contributed by atoms with E-state index in [9.17, 15) is 8.78 Å². The van der Waals surface area contributed by atoms with Crippen LogP contribution in [0.4, 0.5) is 14.6 Å². The Bertz CT molecular complexity index is 847. The Hall–Kier alpha value is -2.68. The standard InChI is InChI=1S/C18H21F2N7/c19-17(20)12(21)2-3-15-23-7-14(26-15)13-6-16(25-11-24-13)27-9-18(10-27)4-1-5-22-8-18/h2-3,6-7,11,17,21-22H,1,4-5,8-10H2,(H,23,26)/b3-2-,21-12?. The predicted molar refractivity (Wildman–Crippen MR) is 99.1 cm³/mol. The zero-order valence-electron chi connectivity index (χ0n) is 14.8. The second kappa shape index (κ2) is 7.15. The summed E-state index contributed by atoms with van der Waals surface area (Å²) in [4.78, 5) is 18.1. The number of hydrogen-bond acceptors (Lipinski definition) is 6. The van der Waals surface area contributed by atoms with Gasteiger partial charge in [-0.15, -0.1) is 0 Å². The molecule has 0 atom stereocenters. The van der Waals surface area contributed by atoms with E-state index in [-0.39, 0.29) is 0 Å². The van der Waals surface area contributed by atoms with Crippen LogP contribution in [0.2, 0.25) is 0 Å². The monoisotopic (exact) mass is 373 g/mol. The van der Waals surface area contributed by atoms with Crippen LogP contribution in [0.1, 0.15) is 18.7 Å². The Morgan fingerprint density at radius 2 is 2.15 bits per heavy atom. The fourth-order valence-corrected chi connectivity index (χ4v) is 3.69. The molecule has 3 N–H and O–H groups in total. The molecule has 0 aromatic carbocycles. The van der Waals surface area contributed by atoms with Gasteiger partial charge in [-0.3, -0.25) is 5.41 Å². The Labute approximate surface area is 155 Å². The largest absolute Gasteiger partial charge is 0.355 e. The second-order valence-electron chi connectivity index (χ2n) is 7.17. The summed E-state index contributed by atoms with van der Waals surface area (Å²) in [5.74, 6) is 1.27. The molecule has 0 aliphatic carbocycles. The molecule has 2 fully saturated rings. The number of H-pyrrole nitrogens is 1. The zero-order valence-corrected chi connectivity index (χ0v) is 14.8. The highest BCUT2D eigenvalue weighted by Gasteiger charge is 2.44. The van der Waals surface area contributed by atoms with Gasteiger partial charge < -0.3 is 15.2 Å². The van der Waals surface area contributed by atoms with Gasteiger partial charge in [-0.05, 0) is 31.5 Å². The topological polar surface area (TPSA) is 93.6 Å². The number of rotatable bonds is 5. The lowest BCUT2D eigenvalue weighted by Crippen LogP contribution is -2.62. The molecule has 0 unspecified atom stereocenters. The van der Waals surface area contributed by atoms with Gasteiger partial charge in [0.25, 0.3) is 6.43 Å². The number of piperidine rings is 1. The molecule has 0 saturated carbocycles. The van der Waals surface area contributed by atoms with E-state index in [1.54, 1.807) is 6.20 Å². The number of imidazole rings is 1. The summed E-state index contributed by atoms with van der Waals surface area (Å²) in [5, 5.41) is 10.6. The number of allylic oxidation sites excluding steroid dienone is 1. The minimum absolute atomic E-state index is 0.366. The highest BCUT2D eigenvalue weighted by molar-refractivity contribution is 5.97. The molecule has 2 aliphatic rings. The maximum atomic E-state index is 12.4. The van der Waals surface area contributed by atoms with Crippen molar-refractivity contribution < 1.29 is 8.78 Å². The summed E-state index contributed by atoms with van der Waals surface area (Å²) in [5.41, 5.74) is 0.987. The van der Waals surface area contributed by atoms with Crippen molar-refractivity contribution in [2.24, 2.45) is 5.41 Å². The van der Waals surface area contributed by atoms with Crippen molar-refractivity contribution in [1.29, 1.82) is 5.41 Å². The first-order chi connectivity index (χ1) is 13.0. The number of alkyl halides is 2. The maximum absolute atomic E-state index is 12.4. The summed E-state index contributed by atoms with van der Waals surface area (Å²) in [6, 6.07) is 1.91. The molecule has 4 heterocycles. The first-order valence-corrected chi connectivity index (χ1v) is 8.92. The van der Waals surface area contributed by atoms with E-state index in [1.807, 2.05) is 6.07 Å². The number of nitrogens with one attached hydrogen (secondary N) is 3. The molecule has 2 aliphatic heterocycles. The molecule has 9 heteroatoms. The van der Waals surface area contributed by atoms with Crippen LogP contribution in [-0.4, -0.2) is 58.3 Å². The fraction of sp³-hybridized carbons (Fsp3) is 0.444. The van der Waals surface area contributed by atoms with Crippen LogP contribution in [-0.2, 0) is 0 Å². The van der Waals surface area contributed by atoms with Crippen LogP contribution in [0.3, 0.4) is 0 Å². The summed E-state index contributed by atoms with van der Waals surface area (Å²) in [6.07, 6.45) is 5.19. The van der Waals surface area contributed by atoms with Gasteiger partial charge in [0, 0.05) is 31.1 Å². The second-order valence-corrected chi connectivity index (χ2v) is 7.17. The van der Waals surface area contributed by atoms with Crippen molar-refractivity contribution in [3.8, 4) is 11.4 Å². The number of aromatic nitrogens is 4. The van der Waals surface area contributed by atoms with Crippen LogP contribution in [0.25, 0.3) is 17.5 Å². The van der Waals surface area contributed by atoms with Gasteiger partial charge >= 0.3 is 0 Å². The fourth-order valence-electron chi connectivity index (χ4n) is 3.69. The Kier molecular flexibility index (Phi) is 4.69. The minimum Gasteiger partial charge on any atom is -0.355 e. The van der Waals surface area contributed by atoms with Crippen LogP contribution in [0, 0.1) is 10.8 Å². The highest BCUT2D eigenvalue weighted by Crippen LogP contribution is 2.38. The van der Waals surface area contributed by atoms with E-state index < -0.39 is 12.1 Å². The normalized spacial score (nSPS) is 19.0. The van der Waals surface area contributed by atoms with Crippen LogP contribution < -0.4 is 10.2 Å². The lowest BCUT2D eigenvalue weighted by atomic mass is 9.74. The van der Waals surface area contributed by atoms with Crippen molar-refractivity contribution in [2.45, 2.75) is 19.3 Å². The molecule has 1 spiro atoms. The zero-order chi connectivity index (χ0) is 18.9. The van der Waals surface area contributed by atoms with E-state index in [4.69, 9.17) is 5.41 Å². The maximum Gasteiger partial charge on any atom is 0.279 e. The van der Waals surface area contributed by atoms with E-state index >= 15 is 0 Å². The number of aromatic amines is 1. The van der Waals surface area contributed by atoms with E-state index in [0.29, 0.717) is 22.6 Å². The van der Waals surface area contributed by atoms with Crippen LogP contribution >= 0.6 is 0 Å². The van der Waals surface area contributed by atoms with Crippen molar-refractivity contribution in [3.05, 3.63) is 30.5 Å². The molecule has 2 aromatic rings. The summed E-state index contributed by atoms with van der Waals surface area (Å²) < 4.78 is 24.7. The molecule has 2 saturated heterocycles. The van der Waals surface area contributed by atoms with E-state index in [0.717, 1.165) is 38.1 Å². The Balaban J connectivity index is 1.45. The van der Waals surface area contributed by atoms with Gasteiger partial charge in [0.05, 0.1) is 23.3 Å². The average molecular weight is 373 g/mol. The van der Waals surface area contributed by atoms with Gasteiger partial charge in [-0.25, -0.2) is 23.7 Å². The smallest absolute Gasteiger partial charge is 0.279 e. The third kappa shape index (κ3) is 3.73. The Morgan fingerprint density at radius 3 is 2.89 bits per heavy atom. The van der Waals surface area contributed by atoms with E-state index in [2.05, 4.69) is 30.2 Å². The van der Waals surface area contributed by atoms with Gasteiger partial charge in [-0.2, -0.15) is 0 Å². The molecule has 142 valence electrons. The van der Waals surface area contributed by atoms with Gasteiger partial charge in [0.2, 0.25) is 0 Å². The van der Waals surface area contributed by atoms with Gasteiger partial charge in [0.15, 0.2) is 0 Å².